The van der Waals surface area contributed by atoms with E-state index in [0.717, 1.165) is 23.5 Å². The number of halogens is 1. The Bertz CT molecular complexity index is 790. The first-order chi connectivity index (χ1) is 11.6. The molecular weight excluding hydrogens is 333 g/mol. The molecular formula is C16H18FN3O3S. The number of rotatable bonds is 5. The van der Waals surface area contributed by atoms with E-state index in [-0.39, 0.29) is 11.4 Å². The Morgan fingerprint density at radius 2 is 1.88 bits per heavy atom. The Morgan fingerprint density at radius 3 is 2.58 bits per heavy atom. The van der Waals surface area contributed by atoms with Crippen LogP contribution in [0, 0.1) is 5.82 Å². The lowest BCUT2D eigenvalue weighted by molar-refractivity contribution is 0.122. The van der Waals surface area contributed by atoms with Crippen molar-refractivity contribution in [2.45, 2.75) is 11.4 Å². The number of nitrogens with zero attached hydrogens (tertiary/aromatic N) is 2. The number of benzene rings is 1. The molecule has 0 spiro atoms. The van der Waals surface area contributed by atoms with Gasteiger partial charge in [-0.3, -0.25) is 0 Å². The van der Waals surface area contributed by atoms with Crippen LogP contribution in [-0.4, -0.2) is 39.7 Å². The number of hydrogen-bond donors (Lipinski definition) is 1. The Balaban J connectivity index is 1.75. The highest BCUT2D eigenvalue weighted by Gasteiger charge is 2.18. The summed E-state index contributed by atoms with van der Waals surface area (Å²) >= 11 is 0. The summed E-state index contributed by atoms with van der Waals surface area (Å²) in [6.07, 6.45) is 1.68. The van der Waals surface area contributed by atoms with Crippen LogP contribution >= 0.6 is 0 Å². The fourth-order valence-electron chi connectivity index (χ4n) is 2.50. The van der Waals surface area contributed by atoms with E-state index in [1.54, 1.807) is 12.3 Å². The summed E-state index contributed by atoms with van der Waals surface area (Å²) < 4.78 is 45.5. The van der Waals surface area contributed by atoms with E-state index in [2.05, 4.69) is 14.6 Å². The third-order valence-electron chi connectivity index (χ3n) is 3.75. The lowest BCUT2D eigenvalue weighted by atomic mass is 10.2. The second-order valence-electron chi connectivity index (χ2n) is 5.36. The van der Waals surface area contributed by atoms with Crippen molar-refractivity contribution in [2.75, 3.05) is 31.2 Å². The van der Waals surface area contributed by atoms with E-state index >= 15 is 0 Å². The molecule has 1 aliphatic rings. The molecule has 1 aromatic heterocycles. The van der Waals surface area contributed by atoms with Crippen molar-refractivity contribution in [1.29, 1.82) is 0 Å². The fraction of sp³-hybridized carbons (Fsp3) is 0.312. The van der Waals surface area contributed by atoms with Crippen molar-refractivity contribution in [3.05, 3.63) is 54.0 Å². The van der Waals surface area contributed by atoms with Gasteiger partial charge in [-0.25, -0.2) is 22.5 Å². The van der Waals surface area contributed by atoms with E-state index < -0.39 is 15.8 Å². The number of nitrogens with one attached hydrogen (secondary N) is 1. The molecule has 2 heterocycles. The highest BCUT2D eigenvalue weighted by molar-refractivity contribution is 7.89. The van der Waals surface area contributed by atoms with Gasteiger partial charge in [0, 0.05) is 31.4 Å². The average Bonchev–Trinajstić information content (AvgIpc) is 2.61. The van der Waals surface area contributed by atoms with Gasteiger partial charge >= 0.3 is 0 Å². The van der Waals surface area contributed by atoms with Crippen LogP contribution in [0.1, 0.15) is 5.56 Å². The maximum Gasteiger partial charge on any atom is 0.240 e. The first kappa shape index (κ1) is 16.8. The largest absolute Gasteiger partial charge is 0.378 e. The van der Waals surface area contributed by atoms with Crippen LogP contribution in [-0.2, 0) is 21.3 Å². The zero-order valence-corrected chi connectivity index (χ0v) is 13.8. The lowest BCUT2D eigenvalue weighted by Crippen LogP contribution is -2.37. The van der Waals surface area contributed by atoms with Crippen LogP contribution in [0.3, 0.4) is 0 Å². The monoisotopic (exact) mass is 351 g/mol. The van der Waals surface area contributed by atoms with Crippen molar-refractivity contribution in [3.8, 4) is 0 Å². The van der Waals surface area contributed by atoms with Crippen LogP contribution in [0.15, 0.2) is 47.5 Å². The molecule has 0 bridgehead atoms. The van der Waals surface area contributed by atoms with Gasteiger partial charge in [0.2, 0.25) is 10.0 Å². The van der Waals surface area contributed by atoms with Crippen LogP contribution in [0.25, 0.3) is 0 Å². The molecule has 0 amide bonds. The quantitative estimate of drug-likeness (QED) is 0.885. The van der Waals surface area contributed by atoms with Crippen molar-refractivity contribution in [2.24, 2.45) is 0 Å². The van der Waals surface area contributed by atoms with Gasteiger partial charge in [0.05, 0.1) is 18.1 Å². The third kappa shape index (κ3) is 3.89. The smallest absolute Gasteiger partial charge is 0.240 e. The summed E-state index contributed by atoms with van der Waals surface area (Å²) in [5, 5.41) is 0. The minimum absolute atomic E-state index is 0.0284. The molecule has 3 rings (SSSR count). The minimum atomic E-state index is -3.71. The van der Waals surface area contributed by atoms with Gasteiger partial charge in [0.1, 0.15) is 11.6 Å². The number of ether oxygens (including phenoxy) is 1. The molecule has 1 aromatic carbocycles. The molecule has 8 heteroatoms. The van der Waals surface area contributed by atoms with Gasteiger partial charge in [-0.05, 0) is 30.3 Å². The molecule has 0 saturated carbocycles. The Labute approximate surface area is 140 Å². The SMILES string of the molecule is O=S(=O)(NCc1cccnc1N1CCOCC1)c1ccc(F)cc1. The topological polar surface area (TPSA) is 71.5 Å². The Hall–Kier alpha value is -2.03. The maximum absolute atomic E-state index is 12.9. The van der Waals surface area contributed by atoms with Crippen molar-refractivity contribution in [3.63, 3.8) is 0 Å². The normalized spacial score (nSPS) is 15.5. The average molecular weight is 351 g/mol. The lowest BCUT2D eigenvalue weighted by Gasteiger charge is -2.29. The second-order valence-corrected chi connectivity index (χ2v) is 7.13. The number of pyridine rings is 1. The molecule has 6 nitrogen and oxygen atoms in total. The van der Waals surface area contributed by atoms with Crippen LogP contribution in [0.4, 0.5) is 10.2 Å². The summed E-state index contributed by atoms with van der Waals surface area (Å²) in [4.78, 5) is 6.48. The van der Waals surface area contributed by atoms with Gasteiger partial charge in [-0.1, -0.05) is 6.07 Å². The van der Waals surface area contributed by atoms with Gasteiger partial charge < -0.3 is 9.64 Å². The van der Waals surface area contributed by atoms with Crippen molar-refractivity contribution >= 4 is 15.8 Å². The number of morpholine rings is 1. The zero-order valence-electron chi connectivity index (χ0n) is 13.0. The fourth-order valence-corrected chi connectivity index (χ4v) is 3.50. The summed E-state index contributed by atoms with van der Waals surface area (Å²) in [7, 11) is -3.71. The zero-order chi connectivity index (χ0) is 17.0. The molecule has 0 atom stereocenters. The second kappa shape index (κ2) is 7.25. The molecule has 1 saturated heterocycles. The van der Waals surface area contributed by atoms with Gasteiger partial charge in [0.15, 0.2) is 0 Å². The van der Waals surface area contributed by atoms with Gasteiger partial charge in [-0.2, -0.15) is 0 Å². The van der Waals surface area contributed by atoms with Crippen molar-refractivity contribution in [1.82, 2.24) is 9.71 Å². The van der Waals surface area contributed by atoms with Crippen LogP contribution in [0.2, 0.25) is 0 Å². The van der Waals surface area contributed by atoms with E-state index in [0.29, 0.717) is 26.3 Å². The molecule has 128 valence electrons. The molecule has 1 fully saturated rings. The van der Waals surface area contributed by atoms with E-state index in [4.69, 9.17) is 4.74 Å². The molecule has 0 radical (unpaired) electrons. The standard InChI is InChI=1S/C16H18FN3O3S/c17-14-3-5-15(6-4-14)24(21,22)19-12-13-2-1-7-18-16(13)20-8-10-23-11-9-20/h1-7,19H,8-12H2. The molecule has 1 aliphatic heterocycles. The van der Waals surface area contributed by atoms with Crippen molar-refractivity contribution < 1.29 is 17.5 Å². The maximum atomic E-state index is 12.9. The van der Waals surface area contributed by atoms with Gasteiger partial charge in [-0.15, -0.1) is 0 Å². The van der Waals surface area contributed by atoms with Gasteiger partial charge in [0.25, 0.3) is 0 Å². The van der Waals surface area contributed by atoms with Crippen LogP contribution in [0.5, 0.6) is 0 Å². The molecule has 0 unspecified atom stereocenters. The first-order valence-corrected chi connectivity index (χ1v) is 9.06. The molecule has 24 heavy (non-hydrogen) atoms. The number of sulfonamides is 1. The van der Waals surface area contributed by atoms with E-state index in [9.17, 15) is 12.8 Å². The molecule has 0 aliphatic carbocycles. The predicted molar refractivity (Wildman–Crippen MR) is 87.7 cm³/mol. The minimum Gasteiger partial charge on any atom is -0.378 e. The highest BCUT2D eigenvalue weighted by atomic mass is 32.2. The first-order valence-electron chi connectivity index (χ1n) is 7.58. The Kier molecular flexibility index (Phi) is 5.08. The summed E-state index contributed by atoms with van der Waals surface area (Å²) in [6, 6.07) is 8.33. The molecule has 2 aromatic rings. The van der Waals surface area contributed by atoms with E-state index in [1.165, 1.54) is 12.1 Å². The number of anilines is 1. The third-order valence-corrected chi connectivity index (χ3v) is 5.17. The summed E-state index contributed by atoms with van der Waals surface area (Å²) in [5.74, 6) is 0.276. The summed E-state index contributed by atoms with van der Waals surface area (Å²) in [5.41, 5.74) is 0.782. The number of aromatic nitrogens is 1. The summed E-state index contributed by atoms with van der Waals surface area (Å²) in [6.45, 7) is 2.79. The Morgan fingerprint density at radius 1 is 1.17 bits per heavy atom. The highest BCUT2D eigenvalue weighted by Crippen LogP contribution is 2.19. The number of hydrogen-bond acceptors (Lipinski definition) is 5. The van der Waals surface area contributed by atoms with E-state index in [1.807, 2.05) is 6.07 Å². The molecule has 1 N–H and O–H groups in total. The van der Waals surface area contributed by atoms with Crippen LogP contribution < -0.4 is 9.62 Å². The predicted octanol–water partition coefficient (Wildman–Crippen LogP) is 1.54.